The number of carbonyl (C=O) groups is 1. The third kappa shape index (κ3) is 7.85. The van der Waals surface area contributed by atoms with Crippen molar-refractivity contribution in [3.8, 4) is 5.75 Å². The summed E-state index contributed by atoms with van der Waals surface area (Å²) in [5.41, 5.74) is 1.86. The molecule has 198 valence electrons. The summed E-state index contributed by atoms with van der Waals surface area (Å²) in [6, 6.07) is 7.47. The quantitative estimate of drug-likeness (QED) is 0.481. The molecule has 0 radical (unpaired) electrons. The molecule has 2 fully saturated rings. The minimum Gasteiger partial charge on any atom is -0.493 e. The first kappa shape index (κ1) is 26.8. The van der Waals surface area contributed by atoms with Crippen LogP contribution < -0.4 is 10.1 Å². The van der Waals surface area contributed by atoms with E-state index in [1.54, 1.807) is 0 Å². The fourth-order valence-electron chi connectivity index (χ4n) is 4.83. The summed E-state index contributed by atoms with van der Waals surface area (Å²) < 4.78 is 19.0. The predicted octanol–water partition coefficient (Wildman–Crippen LogP) is 5.37. The zero-order chi connectivity index (χ0) is 25.5. The van der Waals surface area contributed by atoms with Crippen molar-refractivity contribution in [3.63, 3.8) is 0 Å². The van der Waals surface area contributed by atoms with Gasteiger partial charge in [0.1, 0.15) is 11.9 Å². The lowest BCUT2D eigenvalue weighted by Crippen LogP contribution is -2.40. The summed E-state index contributed by atoms with van der Waals surface area (Å²) in [6.07, 6.45) is 3.50. The van der Waals surface area contributed by atoms with Gasteiger partial charge in [0.15, 0.2) is 5.82 Å². The van der Waals surface area contributed by atoms with Crippen molar-refractivity contribution in [2.45, 2.75) is 59.1 Å². The Kier molecular flexibility index (Phi) is 9.51. The lowest BCUT2D eigenvalue weighted by molar-refractivity contribution is 0.0198. The third-order valence-corrected chi connectivity index (χ3v) is 7.05. The summed E-state index contributed by atoms with van der Waals surface area (Å²) >= 11 is 6.24. The van der Waals surface area contributed by atoms with Crippen LogP contribution in [-0.4, -0.2) is 66.3 Å². The largest absolute Gasteiger partial charge is 0.493 e. The van der Waals surface area contributed by atoms with E-state index in [1.807, 2.05) is 35.9 Å². The lowest BCUT2D eigenvalue weighted by Gasteiger charge is -2.34. The number of anilines is 1. The van der Waals surface area contributed by atoms with E-state index in [-0.39, 0.29) is 6.10 Å². The van der Waals surface area contributed by atoms with E-state index in [4.69, 9.17) is 25.8 Å². The smallest absolute Gasteiger partial charge is 0.413 e. The van der Waals surface area contributed by atoms with Gasteiger partial charge in [0.25, 0.3) is 0 Å². The molecule has 1 aromatic heterocycles. The van der Waals surface area contributed by atoms with Gasteiger partial charge in [-0.1, -0.05) is 25.4 Å². The monoisotopic (exact) mass is 518 g/mol. The van der Waals surface area contributed by atoms with Crippen molar-refractivity contribution in [2.24, 2.45) is 11.8 Å². The number of ether oxygens (including phenoxy) is 3. The van der Waals surface area contributed by atoms with Crippen LogP contribution in [0, 0.1) is 18.8 Å². The maximum absolute atomic E-state index is 12.6. The number of hydrogen-bond acceptors (Lipinski definition) is 6. The number of carbonyl (C=O) groups excluding carboxylic acids is 1. The summed E-state index contributed by atoms with van der Waals surface area (Å²) in [6.45, 7) is 12.1. The second-order valence-corrected chi connectivity index (χ2v) is 10.8. The van der Waals surface area contributed by atoms with E-state index < -0.39 is 6.09 Å². The van der Waals surface area contributed by atoms with Crippen molar-refractivity contribution in [1.82, 2.24) is 14.7 Å². The van der Waals surface area contributed by atoms with Gasteiger partial charge in [0, 0.05) is 42.0 Å². The van der Waals surface area contributed by atoms with Crippen LogP contribution in [0.1, 0.15) is 50.8 Å². The molecular weight excluding hydrogens is 480 g/mol. The minimum atomic E-state index is -0.444. The molecule has 0 atom stereocenters. The molecule has 36 heavy (non-hydrogen) atoms. The molecule has 1 aromatic carbocycles. The van der Waals surface area contributed by atoms with E-state index in [0.717, 1.165) is 75.5 Å². The first-order valence-corrected chi connectivity index (χ1v) is 13.5. The normalized spacial score (nSPS) is 20.9. The van der Waals surface area contributed by atoms with Gasteiger partial charge in [0.05, 0.1) is 26.4 Å². The number of amides is 1. The van der Waals surface area contributed by atoms with E-state index in [0.29, 0.717) is 35.8 Å². The standard InChI is InChI=1S/C27H39ClN4O4/c1-19(2)18-35-25-9-6-23(28)15-22(25)17-32-20(3)14-26(30-32)29-27(33)36-24-7-4-21(5-8-24)16-31-10-12-34-13-11-31/h6,9,14-15,19,21,24H,4-5,7-8,10-13,16-18H2,1-3H3,(H,29,30,33). The summed E-state index contributed by atoms with van der Waals surface area (Å²) in [4.78, 5) is 15.1. The van der Waals surface area contributed by atoms with Crippen LogP contribution in [0.5, 0.6) is 5.75 Å². The molecule has 1 aliphatic heterocycles. The van der Waals surface area contributed by atoms with Gasteiger partial charge >= 0.3 is 6.09 Å². The fourth-order valence-corrected chi connectivity index (χ4v) is 5.02. The molecule has 0 bridgehead atoms. The van der Waals surface area contributed by atoms with Gasteiger partial charge in [-0.2, -0.15) is 5.10 Å². The molecule has 1 saturated heterocycles. The van der Waals surface area contributed by atoms with Crippen molar-refractivity contribution in [1.29, 1.82) is 0 Å². The van der Waals surface area contributed by atoms with E-state index >= 15 is 0 Å². The van der Waals surface area contributed by atoms with E-state index in [9.17, 15) is 4.79 Å². The topological polar surface area (TPSA) is 77.9 Å². The predicted molar refractivity (Wildman–Crippen MR) is 141 cm³/mol. The highest BCUT2D eigenvalue weighted by Crippen LogP contribution is 2.28. The number of aryl methyl sites for hydroxylation is 1. The Labute approximate surface area is 219 Å². The Hall–Kier alpha value is -2.29. The Bertz CT molecular complexity index is 998. The Morgan fingerprint density at radius 2 is 1.94 bits per heavy atom. The van der Waals surface area contributed by atoms with Crippen LogP contribution in [0.4, 0.5) is 10.6 Å². The van der Waals surface area contributed by atoms with Crippen molar-refractivity contribution in [3.05, 3.63) is 40.5 Å². The molecule has 8 nitrogen and oxygen atoms in total. The second-order valence-electron chi connectivity index (χ2n) is 10.4. The zero-order valence-electron chi connectivity index (χ0n) is 21.7. The zero-order valence-corrected chi connectivity index (χ0v) is 22.4. The maximum Gasteiger partial charge on any atom is 0.413 e. The van der Waals surface area contributed by atoms with Crippen LogP contribution in [-0.2, 0) is 16.0 Å². The third-order valence-electron chi connectivity index (χ3n) is 6.81. The Morgan fingerprint density at radius 3 is 2.67 bits per heavy atom. The molecule has 2 aromatic rings. The van der Waals surface area contributed by atoms with Gasteiger partial charge < -0.3 is 14.2 Å². The van der Waals surface area contributed by atoms with Gasteiger partial charge in [-0.15, -0.1) is 0 Å². The molecule has 1 N–H and O–H groups in total. The Balaban J connectivity index is 1.27. The number of morpholine rings is 1. The average Bonchev–Trinajstić information content (AvgIpc) is 3.18. The molecule has 1 amide bonds. The first-order chi connectivity index (χ1) is 17.4. The number of aromatic nitrogens is 2. The molecular formula is C27H39ClN4O4. The van der Waals surface area contributed by atoms with Gasteiger partial charge in [-0.05, 0) is 62.6 Å². The molecule has 1 aliphatic carbocycles. The molecule has 4 rings (SSSR count). The van der Waals surface area contributed by atoms with Crippen LogP contribution in [0.2, 0.25) is 5.02 Å². The highest BCUT2D eigenvalue weighted by atomic mass is 35.5. The highest BCUT2D eigenvalue weighted by molar-refractivity contribution is 6.30. The van der Waals surface area contributed by atoms with Crippen molar-refractivity contribution >= 4 is 23.5 Å². The van der Waals surface area contributed by atoms with Gasteiger partial charge in [-0.3, -0.25) is 14.9 Å². The van der Waals surface area contributed by atoms with Crippen molar-refractivity contribution < 1.29 is 19.0 Å². The summed E-state index contributed by atoms with van der Waals surface area (Å²) in [5, 5.41) is 8.02. The second kappa shape index (κ2) is 12.8. The Morgan fingerprint density at radius 1 is 1.19 bits per heavy atom. The van der Waals surface area contributed by atoms with Crippen molar-refractivity contribution in [2.75, 3.05) is 44.8 Å². The molecule has 9 heteroatoms. The average molecular weight is 519 g/mol. The molecule has 1 saturated carbocycles. The van der Waals surface area contributed by atoms with Gasteiger partial charge in [0.2, 0.25) is 0 Å². The number of rotatable bonds is 9. The molecule has 0 unspecified atom stereocenters. The minimum absolute atomic E-state index is 0.0405. The van der Waals surface area contributed by atoms with Crippen LogP contribution in [0.15, 0.2) is 24.3 Å². The number of halogens is 1. The summed E-state index contributed by atoms with van der Waals surface area (Å²) in [7, 11) is 0. The number of nitrogens with one attached hydrogen (secondary N) is 1. The lowest BCUT2D eigenvalue weighted by atomic mass is 9.87. The van der Waals surface area contributed by atoms with Crippen LogP contribution in [0.3, 0.4) is 0 Å². The first-order valence-electron chi connectivity index (χ1n) is 13.1. The molecule has 0 spiro atoms. The van der Waals surface area contributed by atoms with E-state index in [2.05, 4.69) is 29.2 Å². The number of benzene rings is 1. The SMILES string of the molecule is Cc1cc(NC(=O)OC2CCC(CN3CCOCC3)CC2)nn1Cc1cc(Cl)ccc1OCC(C)C. The van der Waals surface area contributed by atoms with Crippen LogP contribution >= 0.6 is 11.6 Å². The number of nitrogens with zero attached hydrogens (tertiary/aromatic N) is 3. The van der Waals surface area contributed by atoms with Gasteiger partial charge in [-0.25, -0.2) is 4.79 Å². The maximum atomic E-state index is 12.6. The summed E-state index contributed by atoms with van der Waals surface area (Å²) in [5.74, 6) is 2.36. The number of hydrogen-bond donors (Lipinski definition) is 1. The fraction of sp³-hybridized carbons (Fsp3) is 0.630. The molecule has 2 heterocycles. The highest BCUT2D eigenvalue weighted by Gasteiger charge is 2.26. The molecule has 2 aliphatic rings. The van der Waals surface area contributed by atoms with E-state index in [1.165, 1.54) is 0 Å². The van der Waals surface area contributed by atoms with Crippen LogP contribution in [0.25, 0.3) is 0 Å².